The molecule has 3 nitrogen and oxygen atoms in total. The molecule has 2 heterocycles. The fourth-order valence-electron chi connectivity index (χ4n) is 1.35. The Morgan fingerprint density at radius 1 is 1.56 bits per heavy atom. The summed E-state index contributed by atoms with van der Waals surface area (Å²) in [6.07, 6.45) is 0. The molecule has 0 saturated heterocycles. The van der Waals surface area contributed by atoms with Gasteiger partial charge in [0.25, 0.3) is 5.56 Å². The van der Waals surface area contributed by atoms with Crippen LogP contribution in [0.4, 0.5) is 0 Å². The Kier molecular flexibility index (Phi) is 3.35. The predicted molar refractivity (Wildman–Crippen MR) is 70.5 cm³/mol. The molecule has 1 N–H and O–H groups in total. The van der Waals surface area contributed by atoms with E-state index in [1.807, 2.05) is 13.0 Å². The van der Waals surface area contributed by atoms with Gasteiger partial charge in [0.2, 0.25) is 0 Å². The second-order valence-corrected chi connectivity index (χ2v) is 6.40. The molecule has 0 radical (unpaired) electrons. The third kappa shape index (κ3) is 2.47. The van der Waals surface area contributed by atoms with E-state index >= 15 is 0 Å². The van der Waals surface area contributed by atoms with Crippen molar-refractivity contribution in [3.63, 3.8) is 0 Å². The second kappa shape index (κ2) is 4.59. The van der Waals surface area contributed by atoms with Gasteiger partial charge in [-0.05, 0) is 18.9 Å². The number of aromatic amines is 1. The lowest BCUT2D eigenvalue weighted by Crippen LogP contribution is -2.08. The molecular formula is C11H14N2OS2. The van der Waals surface area contributed by atoms with Crippen LogP contribution in [0.5, 0.6) is 0 Å². The predicted octanol–water partition coefficient (Wildman–Crippen LogP) is 3.04. The molecule has 0 atom stereocenters. The minimum atomic E-state index is -0.0272. The largest absolute Gasteiger partial charge is 0.301 e. The molecule has 86 valence electrons. The van der Waals surface area contributed by atoms with E-state index in [0.717, 1.165) is 20.6 Å². The molecule has 2 aromatic rings. The maximum absolute atomic E-state index is 11.8. The normalized spacial score (nSPS) is 11.5. The van der Waals surface area contributed by atoms with E-state index in [1.54, 1.807) is 23.1 Å². The van der Waals surface area contributed by atoms with Gasteiger partial charge in [0, 0.05) is 10.6 Å². The lowest BCUT2D eigenvalue weighted by atomic mass is 10.3. The molecule has 0 unspecified atom stereocenters. The number of nitrogens with zero attached hydrogens (tertiary/aromatic N) is 1. The molecule has 5 heteroatoms. The molecule has 0 aliphatic rings. The number of aryl methyl sites for hydroxylation is 1. The molecule has 2 rings (SSSR count). The van der Waals surface area contributed by atoms with Crippen LogP contribution in [0, 0.1) is 12.8 Å². The minimum Gasteiger partial charge on any atom is -0.301 e. The van der Waals surface area contributed by atoms with E-state index in [1.165, 1.54) is 0 Å². The average molecular weight is 254 g/mol. The summed E-state index contributed by atoms with van der Waals surface area (Å²) in [4.78, 5) is 21.0. The summed E-state index contributed by atoms with van der Waals surface area (Å²) in [6.45, 7) is 6.30. The summed E-state index contributed by atoms with van der Waals surface area (Å²) in [6, 6.07) is 1.89. The fourth-order valence-corrected chi connectivity index (χ4v) is 3.10. The van der Waals surface area contributed by atoms with Crippen LogP contribution in [-0.4, -0.2) is 15.7 Å². The molecule has 0 saturated carbocycles. The van der Waals surface area contributed by atoms with Crippen LogP contribution in [-0.2, 0) is 0 Å². The number of hydrogen-bond donors (Lipinski definition) is 1. The summed E-state index contributed by atoms with van der Waals surface area (Å²) in [5.41, 5.74) is -0.0272. The van der Waals surface area contributed by atoms with Gasteiger partial charge in [-0.3, -0.25) is 4.79 Å². The molecule has 16 heavy (non-hydrogen) atoms. The topological polar surface area (TPSA) is 45.8 Å². The van der Waals surface area contributed by atoms with Gasteiger partial charge in [-0.15, -0.1) is 11.3 Å². The number of fused-ring (bicyclic) bond motifs is 1. The van der Waals surface area contributed by atoms with Crippen molar-refractivity contribution in [1.29, 1.82) is 0 Å². The zero-order valence-corrected chi connectivity index (χ0v) is 11.2. The maximum atomic E-state index is 11.8. The van der Waals surface area contributed by atoms with Gasteiger partial charge in [-0.25, -0.2) is 4.98 Å². The van der Waals surface area contributed by atoms with Crippen LogP contribution in [0.1, 0.15) is 18.7 Å². The Hall–Kier alpha value is -0.810. The van der Waals surface area contributed by atoms with E-state index in [-0.39, 0.29) is 5.56 Å². The zero-order valence-electron chi connectivity index (χ0n) is 9.53. The van der Waals surface area contributed by atoms with Crippen molar-refractivity contribution in [2.75, 3.05) is 5.75 Å². The van der Waals surface area contributed by atoms with Crippen LogP contribution in [0.15, 0.2) is 16.0 Å². The third-order valence-electron chi connectivity index (χ3n) is 2.06. The number of thiophene rings is 1. The van der Waals surface area contributed by atoms with Gasteiger partial charge in [0.05, 0.1) is 5.39 Å². The standard InChI is InChI=1S/C11H14N2OS2/c1-6(2)5-15-11-12-9(14)8-4-7(3)16-10(8)13-11/h4,6H,5H2,1-3H3,(H,12,13,14). The molecule has 0 spiro atoms. The van der Waals surface area contributed by atoms with Crippen LogP contribution in [0.3, 0.4) is 0 Å². The molecule has 0 amide bonds. The second-order valence-electron chi connectivity index (χ2n) is 4.15. The zero-order chi connectivity index (χ0) is 11.7. The smallest absolute Gasteiger partial charge is 0.260 e. The first-order chi connectivity index (χ1) is 7.56. The fraction of sp³-hybridized carbons (Fsp3) is 0.455. The van der Waals surface area contributed by atoms with E-state index < -0.39 is 0 Å². The Bertz CT molecular complexity index is 557. The number of thioether (sulfide) groups is 1. The number of hydrogen-bond acceptors (Lipinski definition) is 4. The van der Waals surface area contributed by atoms with E-state index in [2.05, 4.69) is 23.8 Å². The van der Waals surface area contributed by atoms with E-state index in [9.17, 15) is 4.79 Å². The van der Waals surface area contributed by atoms with Crippen molar-refractivity contribution in [3.8, 4) is 0 Å². The first-order valence-electron chi connectivity index (χ1n) is 5.19. The Labute approximate surface area is 102 Å². The van der Waals surface area contributed by atoms with Crippen molar-refractivity contribution in [1.82, 2.24) is 9.97 Å². The van der Waals surface area contributed by atoms with E-state index in [4.69, 9.17) is 0 Å². The van der Waals surface area contributed by atoms with Crippen molar-refractivity contribution >= 4 is 33.3 Å². The van der Waals surface area contributed by atoms with Gasteiger partial charge in [0.1, 0.15) is 4.83 Å². The number of rotatable bonds is 3. The Morgan fingerprint density at radius 3 is 3.00 bits per heavy atom. The highest BCUT2D eigenvalue weighted by atomic mass is 32.2. The van der Waals surface area contributed by atoms with Gasteiger partial charge >= 0.3 is 0 Å². The lowest BCUT2D eigenvalue weighted by Gasteiger charge is -2.02. The van der Waals surface area contributed by atoms with Crippen LogP contribution < -0.4 is 5.56 Å². The van der Waals surface area contributed by atoms with Gasteiger partial charge in [-0.2, -0.15) is 0 Å². The number of nitrogens with one attached hydrogen (secondary N) is 1. The monoisotopic (exact) mass is 254 g/mol. The lowest BCUT2D eigenvalue weighted by molar-refractivity contribution is 0.748. The summed E-state index contributed by atoms with van der Waals surface area (Å²) >= 11 is 3.18. The van der Waals surface area contributed by atoms with Crippen LogP contribution in [0.2, 0.25) is 0 Å². The quantitative estimate of drug-likeness (QED) is 0.676. The Morgan fingerprint density at radius 2 is 2.31 bits per heavy atom. The molecule has 0 fully saturated rings. The highest BCUT2D eigenvalue weighted by Crippen LogP contribution is 2.23. The molecule has 0 bridgehead atoms. The summed E-state index contributed by atoms with van der Waals surface area (Å²) in [5.74, 6) is 1.56. The molecule has 0 aliphatic heterocycles. The van der Waals surface area contributed by atoms with E-state index in [0.29, 0.717) is 11.3 Å². The van der Waals surface area contributed by atoms with Crippen LogP contribution >= 0.6 is 23.1 Å². The highest BCUT2D eigenvalue weighted by Gasteiger charge is 2.07. The number of aromatic nitrogens is 2. The first-order valence-corrected chi connectivity index (χ1v) is 6.99. The van der Waals surface area contributed by atoms with Crippen molar-refractivity contribution in [2.24, 2.45) is 5.92 Å². The summed E-state index contributed by atoms with van der Waals surface area (Å²) in [7, 11) is 0. The van der Waals surface area contributed by atoms with Crippen LogP contribution in [0.25, 0.3) is 10.2 Å². The molecular weight excluding hydrogens is 240 g/mol. The average Bonchev–Trinajstić information content (AvgIpc) is 2.56. The SMILES string of the molecule is Cc1cc2c(=O)[nH]c(SCC(C)C)nc2s1. The molecule has 0 aliphatic carbocycles. The van der Waals surface area contributed by atoms with Crippen molar-refractivity contribution in [2.45, 2.75) is 25.9 Å². The van der Waals surface area contributed by atoms with Crippen molar-refractivity contribution in [3.05, 3.63) is 21.3 Å². The van der Waals surface area contributed by atoms with Crippen molar-refractivity contribution < 1.29 is 0 Å². The molecule has 2 aromatic heterocycles. The summed E-state index contributed by atoms with van der Waals surface area (Å²) in [5, 5.41) is 1.43. The minimum absolute atomic E-state index is 0.0272. The summed E-state index contributed by atoms with van der Waals surface area (Å²) < 4.78 is 0. The van der Waals surface area contributed by atoms with Gasteiger partial charge in [-0.1, -0.05) is 25.6 Å². The van der Waals surface area contributed by atoms with Gasteiger partial charge < -0.3 is 4.98 Å². The number of H-pyrrole nitrogens is 1. The Balaban J connectivity index is 2.38. The van der Waals surface area contributed by atoms with Gasteiger partial charge in [0.15, 0.2) is 5.16 Å². The third-order valence-corrected chi connectivity index (χ3v) is 4.30. The molecule has 0 aromatic carbocycles. The first kappa shape index (κ1) is 11.7. The highest BCUT2D eigenvalue weighted by molar-refractivity contribution is 7.99. The maximum Gasteiger partial charge on any atom is 0.260 e.